The predicted octanol–water partition coefficient (Wildman–Crippen LogP) is 5.57. The summed E-state index contributed by atoms with van der Waals surface area (Å²) in [5.74, 6) is 2.13. The number of carboxylic acids is 1. The van der Waals surface area contributed by atoms with E-state index >= 15 is 0 Å². The van der Waals surface area contributed by atoms with Crippen LogP contribution in [0.1, 0.15) is 62.8 Å². The molecule has 3 aliphatic rings. The van der Waals surface area contributed by atoms with Crippen LogP contribution in [0.4, 0.5) is 0 Å². The fourth-order valence-corrected chi connectivity index (χ4v) is 5.47. The summed E-state index contributed by atoms with van der Waals surface area (Å²) in [6.07, 6.45) is 7.11. The normalized spacial score (nSPS) is 26.5. The highest BCUT2D eigenvalue weighted by Gasteiger charge is 2.52. The van der Waals surface area contributed by atoms with Crippen molar-refractivity contribution in [1.29, 1.82) is 0 Å². The molecule has 1 N–H and O–H groups in total. The van der Waals surface area contributed by atoms with E-state index in [0.29, 0.717) is 44.1 Å². The second kappa shape index (κ2) is 8.90. The number of hydrogen-bond acceptors (Lipinski definition) is 4. The van der Waals surface area contributed by atoms with Crippen molar-refractivity contribution in [2.24, 2.45) is 11.8 Å². The Hall–Kier alpha value is -2.99. The van der Waals surface area contributed by atoms with Crippen molar-refractivity contribution in [2.45, 2.75) is 68.9 Å². The number of aliphatic carboxylic acids is 1. The minimum Gasteiger partial charge on any atom is -0.481 e. The summed E-state index contributed by atoms with van der Waals surface area (Å²) in [5.41, 5.74) is 0.394. The minimum atomic E-state index is -0.896. The van der Waals surface area contributed by atoms with Crippen molar-refractivity contribution in [3.63, 3.8) is 0 Å². The molecule has 1 aromatic heterocycles. The number of hydrogen-bond donors (Lipinski definition) is 1. The highest BCUT2D eigenvalue weighted by Crippen LogP contribution is 2.50. The van der Waals surface area contributed by atoms with E-state index in [1.54, 1.807) is 0 Å². The predicted molar refractivity (Wildman–Crippen MR) is 133 cm³/mol. The average molecular weight is 472 g/mol. The lowest BCUT2D eigenvalue weighted by Gasteiger charge is -2.43. The molecule has 0 atom stereocenters. The van der Waals surface area contributed by atoms with Crippen molar-refractivity contribution in [1.82, 2.24) is 14.8 Å². The zero-order valence-corrected chi connectivity index (χ0v) is 20.1. The summed E-state index contributed by atoms with van der Waals surface area (Å²) in [6, 6.07) is 19.9. The summed E-state index contributed by atoms with van der Waals surface area (Å²) in [6.45, 7) is 1.57. The van der Waals surface area contributed by atoms with Crippen LogP contribution in [0.3, 0.4) is 0 Å². The van der Waals surface area contributed by atoms with E-state index in [9.17, 15) is 9.90 Å². The lowest BCUT2D eigenvalue weighted by Crippen LogP contribution is -2.46. The number of carbonyl (C=O) groups is 1. The van der Waals surface area contributed by atoms with Crippen molar-refractivity contribution in [3.05, 3.63) is 72.1 Å². The molecule has 182 valence electrons. The van der Waals surface area contributed by atoms with E-state index in [0.717, 1.165) is 29.3 Å². The Morgan fingerprint density at radius 3 is 2.14 bits per heavy atom. The van der Waals surface area contributed by atoms with Gasteiger partial charge >= 0.3 is 5.97 Å². The first kappa shape index (κ1) is 22.5. The molecule has 0 radical (unpaired) electrons. The monoisotopic (exact) mass is 471 g/mol. The molecular formula is C29H33N3O3. The molecular weight excluding hydrogens is 438 g/mol. The lowest BCUT2D eigenvalue weighted by molar-refractivity contribution is -0.151. The molecule has 6 nitrogen and oxygen atoms in total. The van der Waals surface area contributed by atoms with Crippen molar-refractivity contribution in [3.8, 4) is 11.4 Å². The van der Waals surface area contributed by atoms with Gasteiger partial charge in [0.25, 0.3) is 0 Å². The molecule has 0 aliphatic heterocycles. The first-order valence-corrected chi connectivity index (χ1v) is 13.0. The number of benzene rings is 2. The van der Waals surface area contributed by atoms with E-state index in [1.807, 2.05) is 48.5 Å². The van der Waals surface area contributed by atoms with Crippen LogP contribution in [0.2, 0.25) is 0 Å². The average Bonchev–Trinajstić information content (AvgIpc) is 3.83. The molecule has 0 unspecified atom stereocenters. The number of nitrogens with zero attached hydrogens (tertiary/aromatic N) is 3. The van der Waals surface area contributed by atoms with Gasteiger partial charge in [-0.25, -0.2) is 9.67 Å². The maximum atomic E-state index is 12.6. The van der Waals surface area contributed by atoms with E-state index in [4.69, 9.17) is 14.8 Å². The van der Waals surface area contributed by atoms with Gasteiger partial charge in [0.1, 0.15) is 5.60 Å². The summed E-state index contributed by atoms with van der Waals surface area (Å²) in [7, 11) is 0. The van der Waals surface area contributed by atoms with Gasteiger partial charge in [-0.05, 0) is 68.8 Å². The molecule has 6 rings (SSSR count). The molecule has 0 spiro atoms. The number of aromatic nitrogens is 3. The number of rotatable bonds is 9. The molecule has 1 heterocycles. The van der Waals surface area contributed by atoms with Crippen LogP contribution in [0.5, 0.6) is 0 Å². The Morgan fingerprint density at radius 1 is 0.914 bits per heavy atom. The fraction of sp³-hybridized carbons (Fsp3) is 0.483. The van der Waals surface area contributed by atoms with Gasteiger partial charge in [-0.15, -0.1) is 0 Å². The van der Waals surface area contributed by atoms with Crippen LogP contribution in [0.15, 0.2) is 60.7 Å². The Bertz CT molecular complexity index is 1170. The van der Waals surface area contributed by atoms with Gasteiger partial charge in [0.15, 0.2) is 11.6 Å². The maximum Gasteiger partial charge on any atom is 0.314 e. The van der Waals surface area contributed by atoms with Crippen LogP contribution in [0, 0.1) is 11.8 Å². The maximum absolute atomic E-state index is 12.6. The van der Waals surface area contributed by atoms with Crippen molar-refractivity contribution >= 4 is 5.97 Å². The molecule has 3 aliphatic carbocycles. The molecule has 0 bridgehead atoms. The van der Waals surface area contributed by atoms with E-state index in [2.05, 4.69) is 16.8 Å². The lowest BCUT2D eigenvalue weighted by atomic mass is 9.65. The number of ether oxygens (including phenoxy) is 1. The van der Waals surface area contributed by atoms with Gasteiger partial charge < -0.3 is 9.84 Å². The topological polar surface area (TPSA) is 77.2 Å². The highest BCUT2D eigenvalue weighted by molar-refractivity contribution is 5.81. The van der Waals surface area contributed by atoms with Crippen LogP contribution in [-0.4, -0.2) is 32.4 Å². The fourth-order valence-electron chi connectivity index (χ4n) is 5.47. The molecule has 0 saturated heterocycles. The van der Waals surface area contributed by atoms with Gasteiger partial charge in [0.05, 0.1) is 12.0 Å². The molecule has 3 fully saturated rings. The van der Waals surface area contributed by atoms with Gasteiger partial charge in [-0.1, -0.05) is 60.7 Å². The smallest absolute Gasteiger partial charge is 0.314 e. The van der Waals surface area contributed by atoms with Crippen molar-refractivity contribution < 1.29 is 14.6 Å². The second-order valence-electron chi connectivity index (χ2n) is 10.8. The Morgan fingerprint density at radius 2 is 1.54 bits per heavy atom. The quantitative estimate of drug-likeness (QED) is 0.441. The van der Waals surface area contributed by atoms with Crippen LogP contribution < -0.4 is 0 Å². The third kappa shape index (κ3) is 4.40. The molecule has 2 aromatic carbocycles. The summed E-state index contributed by atoms with van der Waals surface area (Å²) in [4.78, 5) is 17.7. The zero-order valence-electron chi connectivity index (χ0n) is 20.1. The molecule has 6 heteroatoms. The molecule has 35 heavy (non-hydrogen) atoms. The van der Waals surface area contributed by atoms with E-state index in [-0.39, 0.29) is 0 Å². The second-order valence-corrected chi connectivity index (χ2v) is 10.8. The Labute approximate surface area is 206 Å². The Balaban J connectivity index is 1.36. The highest BCUT2D eigenvalue weighted by atomic mass is 16.5. The molecule has 0 amide bonds. The summed E-state index contributed by atoms with van der Waals surface area (Å²) >= 11 is 0. The first-order chi connectivity index (χ1) is 17.1. The van der Waals surface area contributed by atoms with Crippen molar-refractivity contribution in [2.75, 3.05) is 6.61 Å². The van der Waals surface area contributed by atoms with Crippen LogP contribution >= 0.6 is 0 Å². The van der Waals surface area contributed by atoms with Gasteiger partial charge in [0, 0.05) is 12.1 Å². The third-order valence-corrected chi connectivity index (χ3v) is 8.18. The summed E-state index contributed by atoms with van der Waals surface area (Å²) in [5, 5.41) is 15.4. The zero-order chi connectivity index (χ0) is 23.9. The van der Waals surface area contributed by atoms with Gasteiger partial charge in [-0.2, -0.15) is 5.10 Å². The molecule has 3 saturated carbocycles. The SMILES string of the molecule is O=C(O)[C@]1(c2ccccc2)CC[C@@](OCC2CC2)(c2nc(-c3ccccc3)n(CC3CC3)n2)CC1. The minimum absolute atomic E-state index is 0.509. The van der Waals surface area contributed by atoms with Gasteiger partial charge in [0.2, 0.25) is 0 Å². The largest absolute Gasteiger partial charge is 0.481 e. The standard InChI is InChI=1S/C29H33N3O3/c33-27(34)28(24-9-5-2-6-10-24)15-17-29(18-16-28,35-20-22-13-14-22)26-30-25(23-7-3-1-4-8-23)32(31-26)19-21-11-12-21/h1-10,21-22H,11-20H2,(H,33,34)/t28-,29+. The van der Waals surface area contributed by atoms with Crippen LogP contribution in [-0.2, 0) is 27.1 Å². The Kier molecular flexibility index (Phi) is 5.72. The van der Waals surface area contributed by atoms with Crippen LogP contribution in [0.25, 0.3) is 11.4 Å². The first-order valence-electron chi connectivity index (χ1n) is 13.0. The van der Waals surface area contributed by atoms with E-state index in [1.165, 1.54) is 25.7 Å². The van der Waals surface area contributed by atoms with E-state index < -0.39 is 17.0 Å². The summed E-state index contributed by atoms with van der Waals surface area (Å²) < 4.78 is 8.75. The van der Waals surface area contributed by atoms with Gasteiger partial charge in [-0.3, -0.25) is 4.79 Å². The number of carboxylic acid groups (broad SMARTS) is 1. The third-order valence-electron chi connectivity index (χ3n) is 8.18. The molecule has 3 aromatic rings.